The Morgan fingerprint density at radius 2 is 2.44 bits per heavy atom. The Hall–Kier alpha value is -0.980. The fourth-order valence-electron chi connectivity index (χ4n) is 2.20. The van der Waals surface area contributed by atoms with E-state index in [1.807, 2.05) is 11.6 Å². The van der Waals surface area contributed by atoms with E-state index >= 15 is 0 Å². The van der Waals surface area contributed by atoms with Gasteiger partial charge in [-0.3, -0.25) is 4.90 Å². The lowest BCUT2D eigenvalue weighted by Crippen LogP contribution is -2.49. The predicted molar refractivity (Wildman–Crippen MR) is 69.0 cm³/mol. The van der Waals surface area contributed by atoms with E-state index in [-0.39, 0.29) is 12.1 Å². The molecule has 1 fully saturated rings. The summed E-state index contributed by atoms with van der Waals surface area (Å²) in [6.07, 6.45) is 2.83. The summed E-state index contributed by atoms with van der Waals surface area (Å²) in [7, 11) is 0. The number of nitrogens with zero attached hydrogens (tertiary/aromatic N) is 4. The van der Waals surface area contributed by atoms with Crippen LogP contribution in [0.15, 0.2) is 6.33 Å². The molecule has 2 unspecified atom stereocenters. The van der Waals surface area contributed by atoms with Crippen molar-refractivity contribution >= 4 is 0 Å². The number of ether oxygens (including phenoxy) is 1. The van der Waals surface area contributed by atoms with Gasteiger partial charge in [0, 0.05) is 25.7 Å². The van der Waals surface area contributed by atoms with Crippen molar-refractivity contribution in [2.45, 2.75) is 45.5 Å². The van der Waals surface area contributed by atoms with E-state index in [1.165, 1.54) is 0 Å². The van der Waals surface area contributed by atoms with Crippen LogP contribution in [0, 0.1) is 0 Å². The van der Waals surface area contributed by atoms with Crippen molar-refractivity contribution in [3.05, 3.63) is 12.2 Å². The van der Waals surface area contributed by atoms with Crippen LogP contribution in [-0.4, -0.2) is 51.5 Å². The largest absolute Gasteiger partial charge is 0.374 e. The molecule has 2 rings (SSSR count). The van der Waals surface area contributed by atoms with Crippen molar-refractivity contribution in [2.75, 3.05) is 19.7 Å². The second-order valence-corrected chi connectivity index (χ2v) is 4.90. The lowest BCUT2D eigenvalue weighted by atomic mass is 10.1. The molecule has 0 amide bonds. The van der Waals surface area contributed by atoms with Gasteiger partial charge in [-0.15, -0.1) is 0 Å². The first kappa shape index (κ1) is 13.5. The van der Waals surface area contributed by atoms with Crippen molar-refractivity contribution < 1.29 is 4.74 Å². The number of rotatable bonds is 5. The van der Waals surface area contributed by atoms with Gasteiger partial charge in [0.15, 0.2) is 0 Å². The minimum absolute atomic E-state index is 0.0707. The standard InChI is InChI=1S/C12H23N5O/c1-3-4-17-12(14-9-15-17)8-16-5-6-18-11(7-16)10(2)13/h9-11H,3-8,13H2,1-2H3. The van der Waals surface area contributed by atoms with E-state index in [4.69, 9.17) is 10.5 Å². The SMILES string of the molecule is CCCn1ncnc1CN1CCOC(C(C)N)C1. The van der Waals surface area contributed by atoms with Crippen LogP contribution >= 0.6 is 0 Å². The maximum absolute atomic E-state index is 5.90. The molecule has 2 N–H and O–H groups in total. The predicted octanol–water partition coefficient (Wildman–Crippen LogP) is 0.236. The molecule has 0 aliphatic carbocycles. The molecule has 1 aliphatic heterocycles. The minimum Gasteiger partial charge on any atom is -0.374 e. The highest BCUT2D eigenvalue weighted by Crippen LogP contribution is 2.11. The molecular formula is C12H23N5O. The summed E-state index contributed by atoms with van der Waals surface area (Å²) in [6, 6.07) is 0.0707. The second-order valence-electron chi connectivity index (χ2n) is 4.90. The molecule has 0 saturated carbocycles. The van der Waals surface area contributed by atoms with Crippen molar-refractivity contribution in [1.82, 2.24) is 19.7 Å². The summed E-state index contributed by atoms with van der Waals surface area (Å²) in [5, 5.41) is 4.25. The summed E-state index contributed by atoms with van der Waals surface area (Å²) in [6.45, 7) is 8.44. The molecule has 1 aromatic rings. The third-order valence-corrected chi connectivity index (χ3v) is 3.26. The van der Waals surface area contributed by atoms with Crippen LogP contribution in [0.25, 0.3) is 0 Å². The van der Waals surface area contributed by atoms with Crippen LogP contribution < -0.4 is 5.73 Å². The summed E-state index contributed by atoms with van der Waals surface area (Å²) < 4.78 is 7.64. The normalized spacial score (nSPS) is 23.2. The van der Waals surface area contributed by atoms with Gasteiger partial charge in [0.1, 0.15) is 12.2 Å². The zero-order valence-electron chi connectivity index (χ0n) is 11.2. The molecule has 2 heterocycles. The number of nitrogens with two attached hydrogens (primary N) is 1. The van der Waals surface area contributed by atoms with Gasteiger partial charge < -0.3 is 10.5 Å². The molecule has 1 aliphatic rings. The third-order valence-electron chi connectivity index (χ3n) is 3.26. The first-order valence-electron chi connectivity index (χ1n) is 6.67. The molecule has 2 atom stereocenters. The number of aromatic nitrogens is 3. The van der Waals surface area contributed by atoms with E-state index in [0.29, 0.717) is 0 Å². The Bertz CT molecular complexity index is 365. The van der Waals surface area contributed by atoms with E-state index in [9.17, 15) is 0 Å². The van der Waals surface area contributed by atoms with Crippen molar-refractivity contribution in [3.8, 4) is 0 Å². The maximum atomic E-state index is 5.90. The molecule has 0 bridgehead atoms. The van der Waals surface area contributed by atoms with Crippen LogP contribution in [-0.2, 0) is 17.8 Å². The molecule has 0 radical (unpaired) electrons. The molecular weight excluding hydrogens is 230 g/mol. The van der Waals surface area contributed by atoms with Gasteiger partial charge >= 0.3 is 0 Å². The fourth-order valence-corrected chi connectivity index (χ4v) is 2.20. The van der Waals surface area contributed by atoms with E-state index < -0.39 is 0 Å². The molecule has 1 saturated heterocycles. The Labute approximate surface area is 108 Å². The number of aryl methyl sites for hydroxylation is 1. The molecule has 1 aromatic heterocycles. The summed E-state index contributed by atoms with van der Waals surface area (Å²) >= 11 is 0. The van der Waals surface area contributed by atoms with Gasteiger partial charge in [0.05, 0.1) is 19.3 Å². The maximum Gasteiger partial charge on any atom is 0.141 e. The molecule has 18 heavy (non-hydrogen) atoms. The van der Waals surface area contributed by atoms with Gasteiger partial charge in [-0.2, -0.15) is 5.10 Å². The highest BCUT2D eigenvalue weighted by atomic mass is 16.5. The first-order valence-corrected chi connectivity index (χ1v) is 6.67. The molecule has 0 spiro atoms. The highest BCUT2D eigenvalue weighted by molar-refractivity contribution is 4.87. The third kappa shape index (κ3) is 3.28. The van der Waals surface area contributed by atoms with Gasteiger partial charge in [-0.05, 0) is 13.3 Å². The average Bonchev–Trinajstić information content (AvgIpc) is 2.77. The number of hydrogen-bond acceptors (Lipinski definition) is 5. The monoisotopic (exact) mass is 253 g/mol. The van der Waals surface area contributed by atoms with Crippen LogP contribution in [0.3, 0.4) is 0 Å². The Morgan fingerprint density at radius 3 is 3.17 bits per heavy atom. The van der Waals surface area contributed by atoms with Crippen molar-refractivity contribution in [3.63, 3.8) is 0 Å². The summed E-state index contributed by atoms with van der Waals surface area (Å²) in [4.78, 5) is 6.68. The average molecular weight is 253 g/mol. The van der Waals surface area contributed by atoms with E-state index in [2.05, 4.69) is 21.9 Å². The van der Waals surface area contributed by atoms with Gasteiger partial charge in [0.2, 0.25) is 0 Å². The zero-order valence-corrected chi connectivity index (χ0v) is 11.2. The van der Waals surface area contributed by atoms with Crippen LogP contribution in [0.1, 0.15) is 26.1 Å². The Kier molecular flexibility index (Phi) is 4.68. The first-order chi connectivity index (χ1) is 8.70. The van der Waals surface area contributed by atoms with Gasteiger partial charge in [0.25, 0.3) is 0 Å². The van der Waals surface area contributed by atoms with Gasteiger partial charge in [-0.1, -0.05) is 6.92 Å². The number of morpholine rings is 1. The molecule has 6 heteroatoms. The number of hydrogen-bond donors (Lipinski definition) is 1. The molecule has 102 valence electrons. The van der Waals surface area contributed by atoms with Crippen molar-refractivity contribution in [2.24, 2.45) is 5.73 Å². The lowest BCUT2D eigenvalue weighted by Gasteiger charge is -2.34. The zero-order chi connectivity index (χ0) is 13.0. The van der Waals surface area contributed by atoms with Crippen LogP contribution in [0.2, 0.25) is 0 Å². The summed E-state index contributed by atoms with van der Waals surface area (Å²) in [5.41, 5.74) is 5.90. The Morgan fingerprint density at radius 1 is 1.61 bits per heavy atom. The minimum atomic E-state index is 0.0707. The smallest absolute Gasteiger partial charge is 0.141 e. The molecule has 6 nitrogen and oxygen atoms in total. The van der Waals surface area contributed by atoms with Crippen LogP contribution in [0.4, 0.5) is 0 Å². The lowest BCUT2D eigenvalue weighted by molar-refractivity contribution is -0.0413. The van der Waals surface area contributed by atoms with E-state index in [1.54, 1.807) is 6.33 Å². The second kappa shape index (κ2) is 6.26. The Balaban J connectivity index is 1.94. The summed E-state index contributed by atoms with van der Waals surface area (Å²) in [5.74, 6) is 1.03. The fraction of sp³-hybridized carbons (Fsp3) is 0.833. The topological polar surface area (TPSA) is 69.2 Å². The van der Waals surface area contributed by atoms with Crippen LogP contribution in [0.5, 0.6) is 0 Å². The van der Waals surface area contributed by atoms with Gasteiger partial charge in [-0.25, -0.2) is 9.67 Å². The molecule has 0 aromatic carbocycles. The quantitative estimate of drug-likeness (QED) is 0.814. The highest BCUT2D eigenvalue weighted by Gasteiger charge is 2.24. The van der Waals surface area contributed by atoms with Crippen molar-refractivity contribution in [1.29, 1.82) is 0 Å². The van der Waals surface area contributed by atoms with E-state index in [0.717, 1.165) is 45.0 Å².